The van der Waals surface area contributed by atoms with E-state index in [9.17, 15) is 4.79 Å². The monoisotopic (exact) mass is 446 g/mol. The van der Waals surface area contributed by atoms with Crippen LogP contribution in [-0.2, 0) is 19.5 Å². The predicted molar refractivity (Wildman–Crippen MR) is 129 cm³/mol. The lowest BCUT2D eigenvalue weighted by Crippen LogP contribution is -2.32. The van der Waals surface area contributed by atoms with Gasteiger partial charge in [0.15, 0.2) is 5.82 Å². The highest BCUT2D eigenvalue weighted by Gasteiger charge is 2.26. The van der Waals surface area contributed by atoms with Gasteiger partial charge in [-0.25, -0.2) is 0 Å². The van der Waals surface area contributed by atoms with Crippen LogP contribution in [0.2, 0.25) is 0 Å². The van der Waals surface area contributed by atoms with Crippen molar-refractivity contribution in [1.29, 1.82) is 0 Å². The fraction of sp³-hybridized carbons (Fsp3) is 0.462. The number of rotatable bonds is 7. The van der Waals surface area contributed by atoms with Crippen molar-refractivity contribution in [1.82, 2.24) is 30.0 Å². The molecule has 1 atom stereocenters. The third-order valence-corrected chi connectivity index (χ3v) is 6.08. The Morgan fingerprint density at radius 3 is 2.58 bits per heavy atom. The third kappa shape index (κ3) is 5.85. The van der Waals surface area contributed by atoms with Crippen LogP contribution in [0, 0.1) is 19.8 Å². The van der Waals surface area contributed by atoms with Crippen LogP contribution in [0.25, 0.3) is 0 Å². The third-order valence-electron chi connectivity index (χ3n) is 6.08. The molecule has 0 fully saturated rings. The molecule has 0 radical (unpaired) electrons. The van der Waals surface area contributed by atoms with Gasteiger partial charge in [-0.2, -0.15) is 0 Å². The molecular weight excluding hydrogens is 412 g/mol. The molecule has 0 bridgehead atoms. The molecule has 3 heterocycles. The molecule has 1 N–H and O–H groups in total. The van der Waals surface area contributed by atoms with Gasteiger partial charge in [-0.3, -0.25) is 14.7 Å². The largest absolute Gasteiger partial charge is 0.342 e. The van der Waals surface area contributed by atoms with Crippen LogP contribution in [0.4, 0.5) is 0 Å². The molecule has 2 aromatic heterocycles. The minimum Gasteiger partial charge on any atom is -0.342 e. The molecule has 1 aromatic carbocycles. The topological polar surface area (TPSA) is 75.9 Å². The molecule has 7 nitrogen and oxygen atoms in total. The molecule has 1 aliphatic rings. The van der Waals surface area contributed by atoms with Gasteiger partial charge in [-0.15, -0.1) is 10.2 Å². The van der Waals surface area contributed by atoms with E-state index in [1.54, 1.807) is 6.20 Å². The molecule has 174 valence electrons. The molecule has 4 rings (SSSR count). The summed E-state index contributed by atoms with van der Waals surface area (Å²) in [5.41, 5.74) is 4.09. The van der Waals surface area contributed by atoms with Gasteiger partial charge in [-0.1, -0.05) is 37.1 Å². The number of nitrogens with one attached hydrogen (secondary N) is 1. The maximum atomic E-state index is 13.1. The minimum absolute atomic E-state index is 0.0587. The second-order valence-corrected chi connectivity index (χ2v) is 9.55. The SMILES string of the molecule is Cc1cc(C)cc(C(=O)N[C@H](CC(C)C)c2nnc3n2CCN(Cc2cccnc2)CC3)c1. The Morgan fingerprint density at radius 2 is 1.88 bits per heavy atom. The number of fused-ring (bicyclic) bond motifs is 1. The molecule has 1 aliphatic heterocycles. The highest BCUT2D eigenvalue weighted by molar-refractivity contribution is 5.94. The lowest BCUT2D eigenvalue weighted by atomic mass is 10.0. The van der Waals surface area contributed by atoms with Gasteiger partial charge in [0.2, 0.25) is 0 Å². The summed E-state index contributed by atoms with van der Waals surface area (Å²) in [6.45, 7) is 11.9. The molecule has 1 amide bonds. The first-order valence-corrected chi connectivity index (χ1v) is 11.8. The van der Waals surface area contributed by atoms with Gasteiger partial charge in [0.05, 0.1) is 6.04 Å². The Hall–Kier alpha value is -3.06. The van der Waals surface area contributed by atoms with Crippen molar-refractivity contribution in [3.05, 3.63) is 76.6 Å². The van der Waals surface area contributed by atoms with Crippen molar-refractivity contribution in [3.8, 4) is 0 Å². The van der Waals surface area contributed by atoms with Crippen LogP contribution in [0.1, 0.15) is 65.0 Å². The van der Waals surface area contributed by atoms with Crippen LogP contribution in [0.5, 0.6) is 0 Å². The van der Waals surface area contributed by atoms with E-state index in [1.165, 1.54) is 5.56 Å². The molecule has 0 aliphatic carbocycles. The number of nitrogens with zero attached hydrogens (tertiary/aromatic N) is 5. The quantitative estimate of drug-likeness (QED) is 0.596. The van der Waals surface area contributed by atoms with Crippen LogP contribution in [0.3, 0.4) is 0 Å². The van der Waals surface area contributed by atoms with Crippen molar-refractivity contribution in [3.63, 3.8) is 0 Å². The van der Waals surface area contributed by atoms with E-state index in [0.717, 1.165) is 61.8 Å². The van der Waals surface area contributed by atoms with E-state index < -0.39 is 0 Å². The summed E-state index contributed by atoms with van der Waals surface area (Å²) in [6, 6.07) is 9.88. The molecule has 3 aromatic rings. The normalized spacial score (nSPS) is 15.2. The van der Waals surface area contributed by atoms with Crippen molar-refractivity contribution >= 4 is 5.91 Å². The number of amides is 1. The molecule has 33 heavy (non-hydrogen) atoms. The fourth-order valence-electron chi connectivity index (χ4n) is 4.60. The van der Waals surface area contributed by atoms with Crippen LogP contribution in [0.15, 0.2) is 42.7 Å². The number of hydrogen-bond acceptors (Lipinski definition) is 5. The Balaban J connectivity index is 1.52. The Bertz CT molecular complexity index is 1070. The van der Waals surface area contributed by atoms with Crippen molar-refractivity contribution in [2.24, 2.45) is 5.92 Å². The second kappa shape index (κ2) is 10.3. The van der Waals surface area contributed by atoms with Crippen LogP contribution >= 0.6 is 0 Å². The summed E-state index contributed by atoms with van der Waals surface area (Å²) in [4.78, 5) is 19.8. The smallest absolute Gasteiger partial charge is 0.251 e. The van der Waals surface area contributed by atoms with Crippen molar-refractivity contribution in [2.45, 2.75) is 59.7 Å². The van der Waals surface area contributed by atoms with E-state index in [2.05, 4.69) is 55.9 Å². The van der Waals surface area contributed by atoms with Gasteiger partial charge in [0.25, 0.3) is 5.91 Å². The molecule has 0 saturated heterocycles. The highest BCUT2D eigenvalue weighted by Crippen LogP contribution is 2.23. The molecule has 0 saturated carbocycles. The Labute approximate surface area is 196 Å². The maximum absolute atomic E-state index is 13.1. The van der Waals surface area contributed by atoms with Gasteiger partial charge in [0.1, 0.15) is 5.82 Å². The first-order chi connectivity index (χ1) is 15.9. The number of benzene rings is 1. The molecule has 7 heteroatoms. The van der Waals surface area contributed by atoms with Gasteiger partial charge in [-0.05, 0) is 49.9 Å². The zero-order valence-corrected chi connectivity index (χ0v) is 20.1. The molecular formula is C26H34N6O. The van der Waals surface area contributed by atoms with Crippen molar-refractivity contribution < 1.29 is 4.79 Å². The Morgan fingerprint density at radius 1 is 1.09 bits per heavy atom. The lowest BCUT2D eigenvalue weighted by molar-refractivity contribution is 0.0928. The number of aryl methyl sites for hydroxylation is 2. The van der Waals surface area contributed by atoms with E-state index >= 15 is 0 Å². The van der Waals surface area contributed by atoms with Gasteiger partial charge >= 0.3 is 0 Å². The number of aromatic nitrogens is 4. The number of pyridine rings is 1. The summed E-state index contributed by atoms with van der Waals surface area (Å²) in [5.74, 6) is 2.21. The number of carbonyl (C=O) groups is 1. The standard InChI is InChI=1S/C26H34N6O/c1-18(2)12-23(28-26(33)22-14-19(3)13-20(4)15-22)25-30-29-24-7-9-31(10-11-32(24)25)17-21-6-5-8-27-16-21/h5-6,8,13-16,18,23H,7,9-12,17H2,1-4H3,(H,28,33)/t23-/m1/s1. The zero-order chi connectivity index (χ0) is 23.4. The summed E-state index contributed by atoms with van der Waals surface area (Å²) in [7, 11) is 0. The number of hydrogen-bond donors (Lipinski definition) is 1. The van der Waals surface area contributed by atoms with Gasteiger partial charge < -0.3 is 9.88 Å². The summed E-state index contributed by atoms with van der Waals surface area (Å²) in [5, 5.41) is 12.3. The average molecular weight is 447 g/mol. The predicted octanol–water partition coefficient (Wildman–Crippen LogP) is 3.87. The van der Waals surface area contributed by atoms with Crippen molar-refractivity contribution in [2.75, 3.05) is 13.1 Å². The highest BCUT2D eigenvalue weighted by atomic mass is 16.1. The molecule has 0 unspecified atom stereocenters. The van der Waals surface area contributed by atoms with Crippen LogP contribution < -0.4 is 5.32 Å². The first kappa shape index (κ1) is 23.1. The first-order valence-electron chi connectivity index (χ1n) is 11.8. The molecule has 0 spiro atoms. The van der Waals surface area contributed by atoms with Crippen LogP contribution in [-0.4, -0.2) is 43.6 Å². The lowest BCUT2D eigenvalue weighted by Gasteiger charge is -2.22. The Kier molecular flexibility index (Phi) is 7.18. The summed E-state index contributed by atoms with van der Waals surface area (Å²) >= 11 is 0. The summed E-state index contributed by atoms with van der Waals surface area (Å²) < 4.78 is 2.22. The van der Waals surface area contributed by atoms with E-state index in [-0.39, 0.29) is 11.9 Å². The second-order valence-electron chi connectivity index (χ2n) is 9.55. The van der Waals surface area contributed by atoms with E-state index in [1.807, 2.05) is 38.2 Å². The average Bonchev–Trinajstić information content (AvgIpc) is 3.07. The minimum atomic E-state index is -0.176. The zero-order valence-electron chi connectivity index (χ0n) is 20.1. The van der Waals surface area contributed by atoms with E-state index in [4.69, 9.17) is 0 Å². The number of carbonyl (C=O) groups excluding carboxylic acids is 1. The summed E-state index contributed by atoms with van der Waals surface area (Å²) in [6.07, 6.45) is 5.39. The fourth-order valence-corrected chi connectivity index (χ4v) is 4.60. The van der Waals surface area contributed by atoms with E-state index in [0.29, 0.717) is 11.5 Å². The van der Waals surface area contributed by atoms with Gasteiger partial charge in [0, 0.05) is 50.6 Å². The maximum Gasteiger partial charge on any atom is 0.251 e.